The van der Waals surface area contributed by atoms with Crippen LogP contribution in [0, 0.1) is 0 Å². The van der Waals surface area contributed by atoms with Crippen molar-refractivity contribution >= 4 is 17.8 Å². The number of amides is 1. The molecular weight excluding hydrogens is 178 g/mol. The first-order valence-electron chi connectivity index (χ1n) is 4.03. The van der Waals surface area contributed by atoms with Gasteiger partial charge in [-0.2, -0.15) is 5.10 Å². The number of rotatable bonds is 3. The summed E-state index contributed by atoms with van der Waals surface area (Å²) < 4.78 is 0. The van der Waals surface area contributed by atoms with Gasteiger partial charge in [-0.25, -0.2) is 0 Å². The number of hydrazone groups is 1. The summed E-state index contributed by atoms with van der Waals surface area (Å²) in [5.74, 6) is 4.76. The van der Waals surface area contributed by atoms with E-state index in [2.05, 4.69) is 17.0 Å². The molecule has 0 spiro atoms. The number of benzene rings is 1. The maximum atomic E-state index is 10.9. The molecule has 1 rings (SSSR count). The average molecular weight is 189 g/mol. The molecule has 0 aliphatic rings. The van der Waals surface area contributed by atoms with Crippen LogP contribution in [0.15, 0.2) is 42.0 Å². The summed E-state index contributed by atoms with van der Waals surface area (Å²) in [6.45, 7) is 3.35. The first-order chi connectivity index (χ1) is 6.76. The molecule has 0 fully saturated rings. The van der Waals surface area contributed by atoms with Gasteiger partial charge in [0.25, 0.3) is 0 Å². The van der Waals surface area contributed by atoms with Crippen LogP contribution in [0.1, 0.15) is 5.56 Å². The molecule has 1 aromatic carbocycles. The molecule has 0 heterocycles. The van der Waals surface area contributed by atoms with E-state index in [0.717, 1.165) is 5.56 Å². The van der Waals surface area contributed by atoms with Crippen molar-refractivity contribution in [2.24, 2.45) is 10.9 Å². The van der Waals surface area contributed by atoms with Crippen LogP contribution in [0.4, 0.5) is 5.69 Å². The Labute approximate surface area is 82.1 Å². The second-order valence-electron chi connectivity index (χ2n) is 2.59. The van der Waals surface area contributed by atoms with Gasteiger partial charge in [0.1, 0.15) is 0 Å². The molecule has 0 aliphatic heterocycles. The van der Waals surface area contributed by atoms with Crippen LogP contribution < -0.4 is 11.2 Å². The van der Waals surface area contributed by atoms with E-state index in [4.69, 9.17) is 5.84 Å². The minimum absolute atomic E-state index is 0.231. The Balaban J connectivity index is 2.73. The maximum absolute atomic E-state index is 10.9. The summed E-state index contributed by atoms with van der Waals surface area (Å²) in [5, 5.41) is 6.01. The zero-order chi connectivity index (χ0) is 10.4. The van der Waals surface area contributed by atoms with Crippen LogP contribution >= 0.6 is 0 Å². The lowest BCUT2D eigenvalue weighted by Gasteiger charge is -2.01. The van der Waals surface area contributed by atoms with Crippen LogP contribution in [0.25, 0.3) is 0 Å². The van der Waals surface area contributed by atoms with Crippen LogP contribution in [-0.4, -0.2) is 12.1 Å². The summed E-state index contributed by atoms with van der Waals surface area (Å²) in [6.07, 6.45) is 2.74. The van der Waals surface area contributed by atoms with Crippen molar-refractivity contribution in [3.8, 4) is 0 Å². The molecule has 0 saturated carbocycles. The predicted molar refractivity (Wildman–Crippen MR) is 57.1 cm³/mol. The van der Waals surface area contributed by atoms with Gasteiger partial charge in [0.05, 0.1) is 6.21 Å². The second-order valence-corrected chi connectivity index (χ2v) is 2.59. The second kappa shape index (κ2) is 4.81. The number of anilines is 1. The third-order valence-electron chi connectivity index (χ3n) is 1.59. The van der Waals surface area contributed by atoms with Crippen LogP contribution in [0.2, 0.25) is 0 Å². The van der Waals surface area contributed by atoms with Crippen molar-refractivity contribution < 1.29 is 4.79 Å². The van der Waals surface area contributed by atoms with Crippen molar-refractivity contribution in [3.63, 3.8) is 0 Å². The summed E-state index contributed by atoms with van der Waals surface area (Å²) in [7, 11) is 0. The number of hydrogen-bond acceptors (Lipinski definition) is 3. The molecule has 72 valence electrons. The number of hydrogen-bond donors (Lipinski definition) is 2. The minimum Gasteiger partial charge on any atom is -0.323 e. The Bertz CT molecular complexity index is 354. The van der Waals surface area contributed by atoms with Gasteiger partial charge in [-0.1, -0.05) is 18.7 Å². The molecule has 3 N–H and O–H groups in total. The molecule has 4 heteroatoms. The Morgan fingerprint density at radius 3 is 2.57 bits per heavy atom. The van der Waals surface area contributed by atoms with Crippen molar-refractivity contribution in [1.82, 2.24) is 0 Å². The number of carbonyl (C=O) groups excluding carboxylic acids is 1. The van der Waals surface area contributed by atoms with Gasteiger partial charge < -0.3 is 11.2 Å². The van der Waals surface area contributed by atoms with E-state index in [0.29, 0.717) is 5.69 Å². The fourth-order valence-electron chi connectivity index (χ4n) is 0.932. The van der Waals surface area contributed by atoms with Gasteiger partial charge in [-0.3, -0.25) is 4.79 Å². The highest BCUT2D eigenvalue weighted by atomic mass is 16.1. The van der Waals surface area contributed by atoms with Gasteiger partial charge in [0.15, 0.2) is 0 Å². The average Bonchev–Trinajstić information content (AvgIpc) is 2.21. The fourth-order valence-corrected chi connectivity index (χ4v) is 0.932. The Kier molecular flexibility index (Phi) is 3.43. The molecule has 1 aromatic rings. The van der Waals surface area contributed by atoms with Gasteiger partial charge in [-0.05, 0) is 23.8 Å². The van der Waals surface area contributed by atoms with Crippen molar-refractivity contribution in [2.45, 2.75) is 0 Å². The summed E-state index contributed by atoms with van der Waals surface area (Å²) in [6, 6.07) is 7.13. The number of nitrogens with zero attached hydrogens (tertiary/aromatic N) is 1. The van der Waals surface area contributed by atoms with E-state index >= 15 is 0 Å². The van der Waals surface area contributed by atoms with E-state index in [9.17, 15) is 4.79 Å². The number of nitrogens with one attached hydrogen (secondary N) is 1. The van der Waals surface area contributed by atoms with E-state index in [1.807, 2.05) is 0 Å². The molecule has 1 amide bonds. The van der Waals surface area contributed by atoms with Crippen molar-refractivity contribution in [3.05, 3.63) is 42.5 Å². The summed E-state index contributed by atoms with van der Waals surface area (Å²) >= 11 is 0. The molecular formula is C10H11N3O. The highest BCUT2D eigenvalue weighted by Crippen LogP contribution is 2.07. The van der Waals surface area contributed by atoms with Gasteiger partial charge >= 0.3 is 0 Å². The quantitative estimate of drug-likeness (QED) is 0.323. The fraction of sp³-hybridized carbons (Fsp3) is 0. The maximum Gasteiger partial charge on any atom is 0.247 e. The highest BCUT2D eigenvalue weighted by Gasteiger charge is 1.95. The lowest BCUT2D eigenvalue weighted by Crippen LogP contribution is -2.06. The summed E-state index contributed by atoms with van der Waals surface area (Å²) in [4.78, 5) is 10.9. The highest BCUT2D eigenvalue weighted by molar-refractivity contribution is 5.99. The Morgan fingerprint density at radius 2 is 2.07 bits per heavy atom. The van der Waals surface area contributed by atoms with E-state index < -0.39 is 0 Å². The zero-order valence-corrected chi connectivity index (χ0v) is 7.60. The first kappa shape index (κ1) is 9.98. The Hall–Kier alpha value is -2.10. The topological polar surface area (TPSA) is 67.5 Å². The summed E-state index contributed by atoms with van der Waals surface area (Å²) in [5.41, 5.74) is 1.59. The zero-order valence-electron chi connectivity index (χ0n) is 7.60. The minimum atomic E-state index is -0.231. The molecule has 0 bridgehead atoms. The third kappa shape index (κ3) is 2.75. The molecule has 0 aliphatic carbocycles. The lowest BCUT2D eigenvalue weighted by atomic mass is 10.2. The van der Waals surface area contributed by atoms with E-state index in [-0.39, 0.29) is 5.91 Å². The molecule has 4 nitrogen and oxygen atoms in total. The van der Waals surface area contributed by atoms with Gasteiger partial charge in [-0.15, -0.1) is 0 Å². The smallest absolute Gasteiger partial charge is 0.247 e. The SMILES string of the molecule is C=CC(=O)Nc1ccc(C=NN)cc1. The van der Waals surface area contributed by atoms with Gasteiger partial charge in [0.2, 0.25) is 5.91 Å². The number of carbonyl (C=O) groups is 1. The largest absolute Gasteiger partial charge is 0.323 e. The molecule has 0 saturated heterocycles. The first-order valence-corrected chi connectivity index (χ1v) is 4.03. The van der Waals surface area contributed by atoms with E-state index in [1.165, 1.54) is 12.3 Å². The third-order valence-corrected chi connectivity index (χ3v) is 1.59. The Morgan fingerprint density at radius 1 is 1.43 bits per heavy atom. The van der Waals surface area contributed by atoms with Crippen molar-refractivity contribution in [1.29, 1.82) is 0 Å². The molecule has 0 aromatic heterocycles. The molecule has 0 unspecified atom stereocenters. The van der Waals surface area contributed by atoms with Gasteiger partial charge in [0, 0.05) is 5.69 Å². The standard InChI is InChI=1S/C10H11N3O/c1-2-10(14)13-9-5-3-8(4-6-9)7-12-11/h2-7H,1,11H2,(H,13,14). The van der Waals surface area contributed by atoms with Crippen LogP contribution in [0.3, 0.4) is 0 Å². The normalized spacial score (nSPS) is 10.0. The lowest BCUT2D eigenvalue weighted by molar-refractivity contribution is -0.111. The molecule has 0 atom stereocenters. The molecule has 0 radical (unpaired) electrons. The van der Waals surface area contributed by atoms with E-state index in [1.54, 1.807) is 24.3 Å². The number of nitrogens with two attached hydrogens (primary N) is 1. The monoisotopic (exact) mass is 189 g/mol. The predicted octanol–water partition coefficient (Wildman–Crippen LogP) is 1.10. The molecule has 14 heavy (non-hydrogen) atoms. The van der Waals surface area contributed by atoms with Crippen LogP contribution in [-0.2, 0) is 4.79 Å². The van der Waals surface area contributed by atoms with Crippen molar-refractivity contribution in [2.75, 3.05) is 5.32 Å². The van der Waals surface area contributed by atoms with Crippen LogP contribution in [0.5, 0.6) is 0 Å².